The minimum absolute atomic E-state index is 0.0827. The molecule has 0 spiro atoms. The number of nitrogens with zero attached hydrogens (tertiary/aromatic N) is 1. The normalized spacial score (nSPS) is 28.4. The molecule has 2 fully saturated rings. The summed E-state index contributed by atoms with van der Waals surface area (Å²) in [6, 6.07) is 1.98. The van der Waals surface area contributed by atoms with E-state index in [0.29, 0.717) is 11.8 Å². The van der Waals surface area contributed by atoms with Crippen LogP contribution in [0.5, 0.6) is 0 Å². The second kappa shape index (κ2) is 5.91. The molecule has 2 bridgehead atoms. The van der Waals surface area contributed by atoms with Gasteiger partial charge in [0.25, 0.3) is 5.91 Å². The summed E-state index contributed by atoms with van der Waals surface area (Å²) in [7, 11) is 0. The zero-order valence-corrected chi connectivity index (χ0v) is 13.9. The summed E-state index contributed by atoms with van der Waals surface area (Å²) in [5.74, 6) is 2.70. The first-order valence-electron chi connectivity index (χ1n) is 7.97. The van der Waals surface area contributed by atoms with E-state index in [2.05, 4.69) is 31.3 Å². The number of rotatable bonds is 4. The van der Waals surface area contributed by atoms with Gasteiger partial charge < -0.3 is 0 Å². The monoisotopic (exact) mass is 304 g/mol. The van der Waals surface area contributed by atoms with Crippen LogP contribution in [0.15, 0.2) is 16.5 Å². The van der Waals surface area contributed by atoms with Crippen molar-refractivity contribution in [3.05, 3.63) is 21.9 Å². The van der Waals surface area contributed by atoms with Crippen molar-refractivity contribution in [2.45, 2.75) is 52.4 Å². The molecule has 0 aromatic carbocycles. The molecule has 1 aromatic heterocycles. The van der Waals surface area contributed by atoms with E-state index in [0.717, 1.165) is 23.1 Å². The van der Waals surface area contributed by atoms with Crippen LogP contribution in [0.3, 0.4) is 0 Å². The molecule has 0 aliphatic heterocycles. The van der Waals surface area contributed by atoms with Crippen LogP contribution < -0.4 is 5.43 Å². The van der Waals surface area contributed by atoms with Gasteiger partial charge in [-0.15, -0.1) is 11.3 Å². The van der Waals surface area contributed by atoms with E-state index in [1.165, 1.54) is 30.6 Å². The van der Waals surface area contributed by atoms with Crippen molar-refractivity contribution in [1.29, 1.82) is 0 Å². The quantitative estimate of drug-likeness (QED) is 0.649. The van der Waals surface area contributed by atoms with E-state index < -0.39 is 0 Å². The molecule has 21 heavy (non-hydrogen) atoms. The summed E-state index contributed by atoms with van der Waals surface area (Å²) in [4.78, 5) is 13.4. The lowest BCUT2D eigenvalue weighted by Gasteiger charge is -2.21. The van der Waals surface area contributed by atoms with Gasteiger partial charge in [-0.2, -0.15) is 5.10 Å². The summed E-state index contributed by atoms with van der Waals surface area (Å²) >= 11 is 1.65. The van der Waals surface area contributed by atoms with Gasteiger partial charge in [-0.1, -0.05) is 20.3 Å². The number of carbonyl (C=O) groups is 1. The maximum absolute atomic E-state index is 12.1. The van der Waals surface area contributed by atoms with Gasteiger partial charge in [-0.25, -0.2) is 5.43 Å². The number of hydrazone groups is 1. The lowest BCUT2D eigenvalue weighted by atomic mass is 9.86. The maximum atomic E-state index is 12.1. The van der Waals surface area contributed by atoms with Crippen LogP contribution in [0.2, 0.25) is 0 Å². The zero-order valence-electron chi connectivity index (χ0n) is 13.1. The summed E-state index contributed by atoms with van der Waals surface area (Å²) in [6.07, 6.45) is 5.38. The lowest BCUT2D eigenvalue weighted by molar-refractivity contribution is 0.0955. The summed E-state index contributed by atoms with van der Waals surface area (Å²) < 4.78 is 0. The smallest absolute Gasteiger partial charge is 0.267 e. The van der Waals surface area contributed by atoms with E-state index in [1.54, 1.807) is 11.3 Å². The van der Waals surface area contributed by atoms with Gasteiger partial charge in [-0.05, 0) is 50.0 Å². The lowest BCUT2D eigenvalue weighted by Crippen LogP contribution is -2.24. The van der Waals surface area contributed by atoms with Gasteiger partial charge in [0.2, 0.25) is 0 Å². The minimum atomic E-state index is -0.0827. The highest BCUT2D eigenvalue weighted by molar-refractivity contribution is 7.10. The zero-order chi connectivity index (χ0) is 15.0. The van der Waals surface area contributed by atoms with E-state index in [9.17, 15) is 4.79 Å². The van der Waals surface area contributed by atoms with Crippen LogP contribution in [0.25, 0.3) is 0 Å². The molecular weight excluding hydrogens is 280 g/mol. The molecule has 114 valence electrons. The second-order valence-electron chi connectivity index (χ2n) is 6.87. The molecule has 3 atom stereocenters. The van der Waals surface area contributed by atoms with Crippen molar-refractivity contribution in [3.8, 4) is 0 Å². The Morgan fingerprint density at radius 1 is 1.38 bits per heavy atom. The number of thiophene rings is 1. The van der Waals surface area contributed by atoms with Crippen LogP contribution in [0, 0.1) is 17.8 Å². The van der Waals surface area contributed by atoms with Crippen LogP contribution in [0.4, 0.5) is 0 Å². The standard InChI is InChI=1S/C17H24N2OS/c1-10(2)16-8-14(9-21-16)17(20)19-18-11(3)15-7-12-4-5-13(15)6-12/h8-10,12-13,15H,4-7H2,1-3H3,(H,19,20). The first-order chi connectivity index (χ1) is 10.0. The van der Waals surface area contributed by atoms with Crippen LogP contribution >= 0.6 is 11.3 Å². The Balaban J connectivity index is 1.60. The average molecular weight is 304 g/mol. The predicted octanol–water partition coefficient (Wildman–Crippen LogP) is 4.41. The minimum Gasteiger partial charge on any atom is -0.267 e. The third-order valence-corrected chi connectivity index (χ3v) is 6.29. The van der Waals surface area contributed by atoms with Crippen molar-refractivity contribution < 1.29 is 4.79 Å². The highest BCUT2D eigenvalue weighted by atomic mass is 32.1. The number of hydrogen-bond donors (Lipinski definition) is 1. The predicted molar refractivity (Wildman–Crippen MR) is 87.9 cm³/mol. The van der Waals surface area contributed by atoms with Gasteiger partial charge in [0.1, 0.15) is 0 Å². The van der Waals surface area contributed by atoms with Crippen molar-refractivity contribution in [3.63, 3.8) is 0 Å². The van der Waals surface area contributed by atoms with Gasteiger partial charge in [0.05, 0.1) is 5.56 Å². The average Bonchev–Trinajstić information content (AvgIpc) is 3.18. The number of amides is 1. The Hall–Kier alpha value is -1.16. The molecule has 3 unspecified atom stereocenters. The molecule has 2 aliphatic carbocycles. The first-order valence-corrected chi connectivity index (χ1v) is 8.85. The van der Waals surface area contributed by atoms with Gasteiger partial charge in [0, 0.05) is 21.9 Å². The number of nitrogens with one attached hydrogen (secondary N) is 1. The number of hydrogen-bond acceptors (Lipinski definition) is 3. The third kappa shape index (κ3) is 3.05. The molecule has 3 rings (SSSR count). The molecular formula is C17H24N2OS. The van der Waals surface area contributed by atoms with Gasteiger partial charge >= 0.3 is 0 Å². The summed E-state index contributed by atoms with van der Waals surface area (Å²) in [5, 5.41) is 6.30. The van der Waals surface area contributed by atoms with E-state index in [-0.39, 0.29) is 5.91 Å². The molecule has 4 heteroatoms. The molecule has 1 aromatic rings. The number of fused-ring (bicyclic) bond motifs is 2. The SMILES string of the molecule is CC(=NNC(=O)c1csc(C(C)C)c1)C1CC2CCC1C2. The molecule has 2 saturated carbocycles. The Bertz CT molecular complexity index is 561. The number of carbonyl (C=O) groups excluding carboxylic acids is 1. The van der Waals surface area contributed by atoms with Gasteiger partial charge in [0.15, 0.2) is 0 Å². The van der Waals surface area contributed by atoms with Crippen molar-refractivity contribution in [1.82, 2.24) is 5.43 Å². The topological polar surface area (TPSA) is 41.5 Å². The Labute approximate surface area is 130 Å². The Kier molecular flexibility index (Phi) is 4.16. The molecule has 1 amide bonds. The summed E-state index contributed by atoms with van der Waals surface area (Å²) in [5.41, 5.74) is 4.58. The molecule has 1 heterocycles. The first kappa shape index (κ1) is 14.8. The molecule has 0 radical (unpaired) electrons. The van der Waals surface area contributed by atoms with Crippen LogP contribution in [0.1, 0.15) is 67.6 Å². The van der Waals surface area contributed by atoms with Crippen molar-refractivity contribution >= 4 is 23.0 Å². The fraction of sp³-hybridized carbons (Fsp3) is 0.647. The highest BCUT2D eigenvalue weighted by Crippen LogP contribution is 2.48. The van der Waals surface area contributed by atoms with E-state index in [1.807, 2.05) is 11.4 Å². The van der Waals surface area contributed by atoms with E-state index in [4.69, 9.17) is 0 Å². The van der Waals surface area contributed by atoms with Crippen molar-refractivity contribution in [2.24, 2.45) is 22.9 Å². The van der Waals surface area contributed by atoms with E-state index >= 15 is 0 Å². The second-order valence-corrected chi connectivity index (χ2v) is 7.81. The molecule has 2 aliphatic rings. The Morgan fingerprint density at radius 2 is 2.19 bits per heavy atom. The molecule has 3 nitrogen and oxygen atoms in total. The van der Waals surface area contributed by atoms with Crippen molar-refractivity contribution in [2.75, 3.05) is 0 Å². The summed E-state index contributed by atoms with van der Waals surface area (Å²) in [6.45, 7) is 6.36. The highest BCUT2D eigenvalue weighted by Gasteiger charge is 2.40. The third-order valence-electron chi connectivity index (χ3n) is 5.06. The van der Waals surface area contributed by atoms with Gasteiger partial charge in [-0.3, -0.25) is 4.79 Å². The largest absolute Gasteiger partial charge is 0.272 e. The fourth-order valence-electron chi connectivity index (χ4n) is 3.82. The van der Waals surface area contributed by atoms with Crippen LogP contribution in [-0.2, 0) is 0 Å². The molecule has 0 saturated heterocycles. The van der Waals surface area contributed by atoms with Crippen LogP contribution in [-0.4, -0.2) is 11.6 Å². The maximum Gasteiger partial charge on any atom is 0.272 e. The Morgan fingerprint density at radius 3 is 2.76 bits per heavy atom. The molecule has 1 N–H and O–H groups in total. The fourth-order valence-corrected chi connectivity index (χ4v) is 4.72.